The maximum absolute atomic E-state index is 12.3. The number of fused-ring (bicyclic) bond motifs is 1. The number of oxime groups is 1. The van der Waals surface area contributed by atoms with E-state index in [1.807, 2.05) is 26.8 Å². The highest BCUT2D eigenvalue weighted by molar-refractivity contribution is 5.99. The number of nitrogens with one attached hydrogen (secondary N) is 1. The molecule has 2 rings (SSSR count). The number of alkyl carbamates (subject to hydrolysis) is 1. The van der Waals surface area contributed by atoms with Crippen molar-refractivity contribution >= 4 is 17.8 Å². The molecule has 8 nitrogen and oxygen atoms in total. The Labute approximate surface area is 159 Å². The predicted octanol–water partition coefficient (Wildman–Crippen LogP) is 2.00. The Morgan fingerprint density at radius 1 is 1.37 bits per heavy atom. The quantitative estimate of drug-likeness (QED) is 0.321. The number of nitrogens with two attached hydrogens (primary N) is 1. The molecule has 2 amide bonds. The molecular formula is C19H28N4O4. The number of rotatable bonds is 4. The van der Waals surface area contributed by atoms with Crippen molar-refractivity contribution in [2.75, 3.05) is 14.1 Å². The molecule has 0 fully saturated rings. The fraction of sp³-hybridized carbons (Fsp3) is 0.526. The van der Waals surface area contributed by atoms with Crippen LogP contribution in [0.4, 0.5) is 4.79 Å². The van der Waals surface area contributed by atoms with Crippen LogP contribution in [0.5, 0.6) is 0 Å². The molecule has 1 aromatic carbocycles. The van der Waals surface area contributed by atoms with Gasteiger partial charge in [-0.15, -0.1) is 0 Å². The van der Waals surface area contributed by atoms with Crippen molar-refractivity contribution in [3.05, 3.63) is 34.9 Å². The number of hydrogen-bond donors (Lipinski definition) is 3. The first-order chi connectivity index (χ1) is 12.5. The van der Waals surface area contributed by atoms with Gasteiger partial charge in [-0.3, -0.25) is 4.79 Å². The molecular weight excluding hydrogens is 348 g/mol. The van der Waals surface area contributed by atoms with E-state index in [9.17, 15) is 9.59 Å². The first-order valence-corrected chi connectivity index (χ1v) is 8.82. The maximum atomic E-state index is 12.3. The number of amidine groups is 1. The molecule has 0 radical (unpaired) electrons. The number of nitrogens with zero attached hydrogens (tertiary/aromatic N) is 2. The normalized spacial score (nSPS) is 19.4. The van der Waals surface area contributed by atoms with Crippen molar-refractivity contribution in [3.8, 4) is 0 Å². The molecule has 1 aliphatic rings. The number of carbonyl (C=O) groups excluding carboxylic acids is 2. The van der Waals surface area contributed by atoms with Crippen LogP contribution in [0.15, 0.2) is 23.4 Å². The van der Waals surface area contributed by atoms with Crippen molar-refractivity contribution in [2.24, 2.45) is 16.8 Å². The Bertz CT molecular complexity index is 753. The first kappa shape index (κ1) is 20.5. The highest BCUT2D eigenvalue weighted by Crippen LogP contribution is 2.42. The highest BCUT2D eigenvalue weighted by atomic mass is 16.6. The minimum atomic E-state index is -0.585. The van der Waals surface area contributed by atoms with Gasteiger partial charge < -0.3 is 25.9 Å². The molecule has 0 saturated heterocycles. The van der Waals surface area contributed by atoms with E-state index in [0.717, 1.165) is 11.1 Å². The maximum Gasteiger partial charge on any atom is 0.408 e. The van der Waals surface area contributed by atoms with Gasteiger partial charge in [0.15, 0.2) is 5.84 Å². The van der Waals surface area contributed by atoms with Crippen molar-refractivity contribution in [1.29, 1.82) is 0 Å². The summed E-state index contributed by atoms with van der Waals surface area (Å²) >= 11 is 0. The van der Waals surface area contributed by atoms with E-state index in [-0.39, 0.29) is 24.1 Å². The van der Waals surface area contributed by atoms with E-state index in [0.29, 0.717) is 12.0 Å². The summed E-state index contributed by atoms with van der Waals surface area (Å²) < 4.78 is 5.71. The molecule has 1 unspecified atom stereocenters. The molecule has 148 valence electrons. The van der Waals surface area contributed by atoms with Gasteiger partial charge in [0.25, 0.3) is 0 Å². The monoisotopic (exact) mass is 376 g/mol. The SMILES string of the molecule is CN(C)C(=O)CC1Cc2c(C(N)=NO)cccc2[C@H]1OC(=O)NC(C)(C)C. The molecule has 27 heavy (non-hydrogen) atoms. The lowest BCUT2D eigenvalue weighted by Crippen LogP contribution is -2.41. The van der Waals surface area contributed by atoms with Gasteiger partial charge in [0, 0.05) is 37.5 Å². The second-order valence-corrected chi connectivity index (χ2v) is 8.02. The van der Waals surface area contributed by atoms with Crippen molar-refractivity contribution in [1.82, 2.24) is 10.2 Å². The zero-order valence-electron chi connectivity index (χ0n) is 16.4. The molecule has 1 aliphatic carbocycles. The largest absolute Gasteiger partial charge is 0.441 e. The average molecular weight is 376 g/mol. The van der Waals surface area contributed by atoms with Crippen molar-refractivity contribution in [3.63, 3.8) is 0 Å². The van der Waals surface area contributed by atoms with Crippen molar-refractivity contribution in [2.45, 2.75) is 45.3 Å². The van der Waals surface area contributed by atoms with Crippen LogP contribution in [-0.2, 0) is 16.0 Å². The third-order valence-electron chi connectivity index (χ3n) is 4.44. The molecule has 1 aromatic rings. The molecule has 4 N–H and O–H groups in total. The summed E-state index contributed by atoms with van der Waals surface area (Å²) in [5, 5.41) is 14.9. The minimum absolute atomic E-state index is 0.00988. The topological polar surface area (TPSA) is 117 Å². The zero-order chi connectivity index (χ0) is 20.4. The van der Waals surface area contributed by atoms with E-state index in [1.54, 1.807) is 26.2 Å². The summed E-state index contributed by atoms with van der Waals surface area (Å²) in [7, 11) is 3.38. The van der Waals surface area contributed by atoms with E-state index >= 15 is 0 Å². The van der Waals surface area contributed by atoms with Crippen LogP contribution in [0.1, 0.15) is 50.0 Å². The third kappa shape index (κ3) is 4.90. The van der Waals surface area contributed by atoms with Crippen LogP contribution in [0.25, 0.3) is 0 Å². The Hall–Kier alpha value is -2.77. The summed E-state index contributed by atoms with van der Waals surface area (Å²) in [6.45, 7) is 5.58. The lowest BCUT2D eigenvalue weighted by molar-refractivity contribution is -0.130. The summed E-state index contributed by atoms with van der Waals surface area (Å²) in [5.74, 6) is -0.291. The molecule has 0 aliphatic heterocycles. The van der Waals surface area contributed by atoms with Crippen molar-refractivity contribution < 1.29 is 19.5 Å². The summed E-state index contributed by atoms with van der Waals surface area (Å²) in [6.07, 6.45) is -0.408. The van der Waals surface area contributed by atoms with Gasteiger partial charge in [-0.25, -0.2) is 4.79 Å². The standard InChI is InChI=1S/C19H28N4O4/c1-19(2,3)21-18(25)27-16-11(10-15(24)23(4)5)9-14-12(16)7-6-8-13(14)17(20)22-26/h6-8,11,16,26H,9-10H2,1-5H3,(H2,20,22)(H,21,25)/t11?,16-/m0/s1. The predicted molar refractivity (Wildman–Crippen MR) is 102 cm³/mol. The minimum Gasteiger partial charge on any atom is -0.441 e. The van der Waals surface area contributed by atoms with Gasteiger partial charge in [-0.05, 0) is 38.3 Å². The van der Waals surface area contributed by atoms with E-state index in [1.165, 1.54) is 4.90 Å². The second-order valence-electron chi connectivity index (χ2n) is 8.02. The van der Waals surface area contributed by atoms with Crippen LogP contribution < -0.4 is 11.1 Å². The van der Waals surface area contributed by atoms with Gasteiger partial charge in [0.1, 0.15) is 6.10 Å². The molecule has 0 saturated carbocycles. The smallest absolute Gasteiger partial charge is 0.408 e. The second kappa shape index (κ2) is 7.85. The highest BCUT2D eigenvalue weighted by Gasteiger charge is 2.39. The Balaban J connectivity index is 2.37. The summed E-state index contributed by atoms with van der Waals surface area (Å²) in [5.41, 5.74) is 7.55. The fourth-order valence-corrected chi connectivity index (χ4v) is 3.21. The Morgan fingerprint density at radius 2 is 2.04 bits per heavy atom. The van der Waals surface area contributed by atoms with Gasteiger partial charge in [0.05, 0.1) is 0 Å². The van der Waals surface area contributed by atoms with Crippen LogP contribution in [0.3, 0.4) is 0 Å². The number of carbonyl (C=O) groups is 2. The van der Waals surface area contributed by atoms with Gasteiger partial charge in [-0.1, -0.05) is 23.4 Å². The van der Waals surface area contributed by atoms with Gasteiger partial charge in [0.2, 0.25) is 5.91 Å². The number of ether oxygens (including phenoxy) is 1. The van der Waals surface area contributed by atoms with Gasteiger partial charge >= 0.3 is 6.09 Å². The average Bonchev–Trinajstić information content (AvgIpc) is 2.89. The fourth-order valence-electron chi connectivity index (χ4n) is 3.21. The number of benzene rings is 1. The van der Waals surface area contributed by atoms with E-state index < -0.39 is 17.7 Å². The van der Waals surface area contributed by atoms with E-state index in [2.05, 4.69) is 10.5 Å². The Kier molecular flexibility index (Phi) is 5.98. The lowest BCUT2D eigenvalue weighted by atomic mass is 9.98. The van der Waals surface area contributed by atoms with Crippen LogP contribution in [0, 0.1) is 5.92 Å². The van der Waals surface area contributed by atoms with Crippen LogP contribution in [0.2, 0.25) is 0 Å². The summed E-state index contributed by atoms with van der Waals surface area (Å²) in [4.78, 5) is 26.1. The third-order valence-corrected chi connectivity index (χ3v) is 4.44. The summed E-state index contributed by atoms with van der Waals surface area (Å²) in [6, 6.07) is 5.36. The number of amides is 2. The van der Waals surface area contributed by atoms with Crippen LogP contribution in [-0.4, -0.2) is 47.6 Å². The molecule has 8 heteroatoms. The van der Waals surface area contributed by atoms with Gasteiger partial charge in [-0.2, -0.15) is 0 Å². The first-order valence-electron chi connectivity index (χ1n) is 8.82. The molecule has 0 heterocycles. The zero-order valence-corrected chi connectivity index (χ0v) is 16.4. The molecule has 0 bridgehead atoms. The number of hydrogen-bond acceptors (Lipinski definition) is 5. The lowest BCUT2D eigenvalue weighted by Gasteiger charge is -2.25. The molecule has 2 atom stereocenters. The molecule has 0 spiro atoms. The van der Waals surface area contributed by atoms with E-state index in [4.69, 9.17) is 15.7 Å². The Morgan fingerprint density at radius 3 is 2.59 bits per heavy atom. The van der Waals surface area contributed by atoms with Crippen LogP contribution >= 0.6 is 0 Å². The molecule has 0 aromatic heterocycles.